The summed E-state index contributed by atoms with van der Waals surface area (Å²) in [6.45, 7) is -0.170. The summed E-state index contributed by atoms with van der Waals surface area (Å²) in [6.07, 6.45) is 1.48. The van der Waals surface area contributed by atoms with Crippen LogP contribution in [0.25, 0.3) is 0 Å². The standard InChI is InChI=1S/C13H13N3O5S/c17-12(18)9-1-3-10(4-2-9)22(20,21)16-7-13(19,8-16)11-5-6-14-15-11/h1-6,19H,7-8H2,(H,14,15)(H,17,18). The van der Waals surface area contributed by atoms with Crippen molar-refractivity contribution in [3.05, 3.63) is 47.8 Å². The van der Waals surface area contributed by atoms with Gasteiger partial charge in [0.25, 0.3) is 0 Å². The number of aliphatic hydroxyl groups is 1. The third-order valence-electron chi connectivity index (χ3n) is 3.62. The number of rotatable bonds is 4. The molecule has 1 aromatic heterocycles. The second-order valence-corrected chi connectivity index (χ2v) is 7.04. The Bertz CT molecular complexity index is 793. The van der Waals surface area contributed by atoms with Crippen molar-refractivity contribution in [3.8, 4) is 0 Å². The highest BCUT2D eigenvalue weighted by atomic mass is 32.2. The summed E-state index contributed by atoms with van der Waals surface area (Å²) < 4.78 is 25.9. The van der Waals surface area contributed by atoms with Gasteiger partial charge in [0.15, 0.2) is 0 Å². The summed E-state index contributed by atoms with van der Waals surface area (Å²) in [5.74, 6) is -1.12. The Balaban J connectivity index is 1.79. The van der Waals surface area contributed by atoms with Gasteiger partial charge in [-0.05, 0) is 30.3 Å². The van der Waals surface area contributed by atoms with Crippen LogP contribution in [0.1, 0.15) is 16.1 Å². The van der Waals surface area contributed by atoms with E-state index in [1.807, 2.05) is 0 Å². The summed E-state index contributed by atoms with van der Waals surface area (Å²) in [5.41, 5.74) is -0.804. The van der Waals surface area contributed by atoms with Crippen LogP contribution in [-0.2, 0) is 15.6 Å². The molecule has 2 heterocycles. The normalized spacial score (nSPS) is 17.9. The van der Waals surface area contributed by atoms with E-state index in [9.17, 15) is 18.3 Å². The number of H-pyrrole nitrogens is 1. The summed E-state index contributed by atoms with van der Waals surface area (Å²) in [7, 11) is -3.76. The SMILES string of the molecule is O=C(O)c1ccc(S(=O)(=O)N2CC(O)(c3ccn[nH]3)C2)cc1. The Morgan fingerprint density at radius 1 is 1.23 bits per heavy atom. The highest BCUT2D eigenvalue weighted by Gasteiger charge is 2.49. The first kappa shape index (κ1) is 14.7. The molecule has 0 unspecified atom stereocenters. The van der Waals surface area contributed by atoms with Crippen molar-refractivity contribution in [3.63, 3.8) is 0 Å². The Labute approximate surface area is 126 Å². The lowest BCUT2D eigenvalue weighted by atomic mass is 9.93. The first-order valence-corrected chi connectivity index (χ1v) is 7.83. The molecule has 1 saturated heterocycles. The molecule has 0 spiro atoms. The number of nitrogens with one attached hydrogen (secondary N) is 1. The molecule has 9 heteroatoms. The van der Waals surface area contributed by atoms with Gasteiger partial charge in [0.1, 0.15) is 5.60 Å². The van der Waals surface area contributed by atoms with E-state index in [2.05, 4.69) is 10.2 Å². The molecule has 0 amide bonds. The molecule has 116 valence electrons. The number of aromatic nitrogens is 2. The summed E-state index contributed by atoms with van der Waals surface area (Å²) in [5, 5.41) is 25.5. The zero-order valence-electron chi connectivity index (χ0n) is 11.3. The van der Waals surface area contributed by atoms with Gasteiger partial charge in [-0.15, -0.1) is 0 Å². The van der Waals surface area contributed by atoms with Gasteiger partial charge in [0, 0.05) is 19.3 Å². The number of hydrogen-bond donors (Lipinski definition) is 3. The highest BCUT2D eigenvalue weighted by molar-refractivity contribution is 7.89. The smallest absolute Gasteiger partial charge is 0.335 e. The lowest BCUT2D eigenvalue weighted by Crippen LogP contribution is -2.61. The number of aromatic carboxylic acids is 1. The van der Waals surface area contributed by atoms with Crippen LogP contribution in [0.3, 0.4) is 0 Å². The fraction of sp³-hybridized carbons (Fsp3) is 0.231. The molecule has 0 aliphatic carbocycles. The van der Waals surface area contributed by atoms with E-state index in [0.29, 0.717) is 5.69 Å². The molecule has 1 aliphatic rings. The van der Waals surface area contributed by atoms with E-state index in [1.54, 1.807) is 6.07 Å². The number of nitrogens with zero attached hydrogens (tertiary/aromatic N) is 2. The predicted octanol–water partition coefficient (Wildman–Crippen LogP) is -0.000000000000000167. The number of carboxylic acids is 1. The third-order valence-corrected chi connectivity index (χ3v) is 5.42. The first-order valence-electron chi connectivity index (χ1n) is 6.39. The molecule has 3 rings (SSSR count). The van der Waals surface area contributed by atoms with Crippen LogP contribution in [0.2, 0.25) is 0 Å². The second kappa shape index (κ2) is 4.90. The minimum Gasteiger partial charge on any atom is -0.478 e. The van der Waals surface area contributed by atoms with Gasteiger partial charge in [-0.2, -0.15) is 9.40 Å². The van der Waals surface area contributed by atoms with E-state index in [1.165, 1.54) is 30.5 Å². The lowest BCUT2D eigenvalue weighted by Gasteiger charge is -2.44. The van der Waals surface area contributed by atoms with E-state index in [-0.39, 0.29) is 23.5 Å². The molecule has 0 atom stereocenters. The summed E-state index contributed by atoms with van der Waals surface area (Å²) >= 11 is 0. The van der Waals surface area contributed by atoms with E-state index in [4.69, 9.17) is 5.11 Å². The average molecular weight is 323 g/mol. The molecule has 2 aromatic rings. The Kier molecular flexibility index (Phi) is 3.28. The van der Waals surface area contributed by atoms with Crippen molar-refractivity contribution >= 4 is 16.0 Å². The van der Waals surface area contributed by atoms with Crippen LogP contribution in [0.5, 0.6) is 0 Å². The molecule has 1 fully saturated rings. The zero-order valence-corrected chi connectivity index (χ0v) is 12.1. The molecule has 8 nitrogen and oxygen atoms in total. The summed E-state index contributed by atoms with van der Waals surface area (Å²) in [6, 6.07) is 6.54. The van der Waals surface area contributed by atoms with Gasteiger partial charge < -0.3 is 10.2 Å². The third kappa shape index (κ3) is 2.28. The molecular weight excluding hydrogens is 310 g/mol. The van der Waals surface area contributed by atoms with Gasteiger partial charge in [-0.25, -0.2) is 13.2 Å². The van der Waals surface area contributed by atoms with Crippen molar-refractivity contribution in [1.82, 2.24) is 14.5 Å². The minimum absolute atomic E-state index is 0.0100. The largest absolute Gasteiger partial charge is 0.478 e. The van der Waals surface area contributed by atoms with Crippen molar-refractivity contribution < 1.29 is 23.4 Å². The number of carboxylic acid groups (broad SMARTS) is 1. The van der Waals surface area contributed by atoms with Crippen LogP contribution in [0, 0.1) is 0 Å². The topological polar surface area (TPSA) is 124 Å². The van der Waals surface area contributed by atoms with Crippen molar-refractivity contribution in [1.29, 1.82) is 0 Å². The number of sulfonamides is 1. The number of aromatic amines is 1. The second-order valence-electron chi connectivity index (χ2n) is 5.10. The van der Waals surface area contributed by atoms with Gasteiger partial charge in [0.2, 0.25) is 10.0 Å². The van der Waals surface area contributed by atoms with Crippen molar-refractivity contribution in [2.45, 2.75) is 10.5 Å². The molecule has 0 bridgehead atoms. The predicted molar refractivity (Wildman–Crippen MR) is 74.6 cm³/mol. The van der Waals surface area contributed by atoms with Crippen LogP contribution in [-0.4, -0.2) is 52.2 Å². The van der Waals surface area contributed by atoms with Crippen LogP contribution in [0.15, 0.2) is 41.4 Å². The van der Waals surface area contributed by atoms with Gasteiger partial charge in [0.05, 0.1) is 16.2 Å². The monoisotopic (exact) mass is 323 g/mol. The molecule has 0 radical (unpaired) electrons. The number of carbonyl (C=O) groups is 1. The van der Waals surface area contributed by atoms with Crippen LogP contribution >= 0.6 is 0 Å². The zero-order chi connectivity index (χ0) is 16.0. The maximum absolute atomic E-state index is 12.4. The molecule has 1 aliphatic heterocycles. The maximum atomic E-state index is 12.4. The maximum Gasteiger partial charge on any atom is 0.335 e. The van der Waals surface area contributed by atoms with E-state index >= 15 is 0 Å². The summed E-state index contributed by atoms with van der Waals surface area (Å²) in [4.78, 5) is 10.8. The van der Waals surface area contributed by atoms with Gasteiger partial charge >= 0.3 is 5.97 Å². The highest BCUT2D eigenvalue weighted by Crippen LogP contribution is 2.34. The van der Waals surface area contributed by atoms with E-state index in [0.717, 1.165) is 4.31 Å². The van der Waals surface area contributed by atoms with Gasteiger partial charge in [-0.3, -0.25) is 5.10 Å². The van der Waals surface area contributed by atoms with Crippen molar-refractivity contribution in [2.24, 2.45) is 0 Å². The van der Waals surface area contributed by atoms with Crippen LogP contribution < -0.4 is 0 Å². The van der Waals surface area contributed by atoms with Gasteiger partial charge in [-0.1, -0.05) is 0 Å². The van der Waals surface area contributed by atoms with E-state index < -0.39 is 21.6 Å². The average Bonchev–Trinajstić information content (AvgIpc) is 2.98. The number of benzene rings is 1. The lowest BCUT2D eigenvalue weighted by molar-refractivity contribution is -0.0682. The Morgan fingerprint density at radius 3 is 2.36 bits per heavy atom. The first-order chi connectivity index (χ1) is 10.3. The molecule has 0 saturated carbocycles. The number of β-amino-alcohol motifs (C(OH)–C–C–N with tert-alkyl or cyclic N) is 1. The number of hydrogen-bond acceptors (Lipinski definition) is 5. The fourth-order valence-corrected chi connectivity index (χ4v) is 3.86. The Morgan fingerprint density at radius 2 is 1.86 bits per heavy atom. The minimum atomic E-state index is -3.76. The van der Waals surface area contributed by atoms with Crippen molar-refractivity contribution in [2.75, 3.05) is 13.1 Å². The van der Waals surface area contributed by atoms with Crippen LogP contribution in [0.4, 0.5) is 0 Å². The Hall–Kier alpha value is -2.23. The molecular formula is C13H13N3O5S. The quantitative estimate of drug-likeness (QED) is 0.727. The molecule has 1 aromatic carbocycles. The molecule has 22 heavy (non-hydrogen) atoms. The fourth-order valence-electron chi connectivity index (χ4n) is 2.31. The molecule has 3 N–H and O–H groups in total.